The third-order valence-corrected chi connectivity index (χ3v) is 4.46. The number of alkyl halides is 1. The molecular weight excluding hydrogens is 339 g/mol. The van der Waals surface area contributed by atoms with E-state index >= 15 is 0 Å². The van der Waals surface area contributed by atoms with Crippen LogP contribution in [-0.2, 0) is 16.0 Å². The smallest absolute Gasteiger partial charge is 0.407 e. The summed E-state index contributed by atoms with van der Waals surface area (Å²) in [6.07, 6.45) is -0.701. The second-order valence-corrected chi connectivity index (χ2v) is 6.33. The Labute approximate surface area is 150 Å². The van der Waals surface area contributed by atoms with E-state index in [4.69, 9.17) is 4.74 Å². The monoisotopic (exact) mass is 362 g/mol. The van der Waals surface area contributed by atoms with Gasteiger partial charge in [-0.2, -0.15) is 0 Å². The highest BCUT2D eigenvalue weighted by atomic mass is 19.1. The van der Waals surface area contributed by atoms with Gasteiger partial charge in [-0.1, -0.05) is 12.1 Å². The predicted molar refractivity (Wildman–Crippen MR) is 94.5 cm³/mol. The normalized spacial score (nSPS) is 19.7. The van der Waals surface area contributed by atoms with E-state index in [-0.39, 0.29) is 44.5 Å². The maximum atomic E-state index is 13.8. The Morgan fingerprint density at radius 3 is 3.00 bits per heavy atom. The van der Waals surface area contributed by atoms with E-state index < -0.39 is 12.3 Å². The fourth-order valence-corrected chi connectivity index (χ4v) is 3.23. The van der Waals surface area contributed by atoms with Crippen molar-refractivity contribution >= 4 is 23.0 Å². The molecule has 7 nitrogen and oxygen atoms in total. The van der Waals surface area contributed by atoms with Gasteiger partial charge in [0, 0.05) is 25.8 Å². The molecule has 0 bridgehead atoms. The molecule has 2 unspecified atom stereocenters. The van der Waals surface area contributed by atoms with Crippen molar-refractivity contribution < 1.29 is 18.7 Å². The van der Waals surface area contributed by atoms with Crippen LogP contribution in [0.25, 0.3) is 11.0 Å². The zero-order chi connectivity index (χ0) is 18.5. The lowest BCUT2D eigenvalue weighted by Gasteiger charge is -2.24. The van der Waals surface area contributed by atoms with Gasteiger partial charge in [0.05, 0.1) is 30.2 Å². The molecule has 2 amide bonds. The molecule has 2 atom stereocenters. The molecule has 8 heteroatoms. The predicted octanol–water partition coefficient (Wildman–Crippen LogP) is 2.18. The van der Waals surface area contributed by atoms with E-state index in [0.717, 1.165) is 16.9 Å². The number of nitrogens with zero attached hydrogens (tertiary/aromatic N) is 2. The summed E-state index contributed by atoms with van der Waals surface area (Å²) in [6, 6.07) is 7.31. The summed E-state index contributed by atoms with van der Waals surface area (Å²) in [5, 5.41) is 2.58. The highest BCUT2D eigenvalue weighted by Gasteiger charge is 2.35. The van der Waals surface area contributed by atoms with E-state index in [2.05, 4.69) is 15.3 Å². The van der Waals surface area contributed by atoms with Crippen molar-refractivity contribution in [3.8, 4) is 0 Å². The second kappa shape index (κ2) is 8.16. The van der Waals surface area contributed by atoms with Gasteiger partial charge in [0.25, 0.3) is 0 Å². The standard InChI is InChI=1S/C18H23FN4O3/c1-2-26-18(25)20-10-13-9-12(19)11-23(13)17(24)8-7-16-21-14-5-3-4-6-15(14)22-16/h3-6,12-13H,2,7-11H2,1H3,(H,20,25)(H,21,22). The van der Waals surface area contributed by atoms with Gasteiger partial charge >= 0.3 is 6.09 Å². The molecule has 1 saturated heterocycles. The summed E-state index contributed by atoms with van der Waals surface area (Å²) in [7, 11) is 0. The molecule has 2 heterocycles. The molecule has 2 N–H and O–H groups in total. The van der Waals surface area contributed by atoms with Gasteiger partial charge in [-0.3, -0.25) is 4.79 Å². The van der Waals surface area contributed by atoms with Crippen molar-refractivity contribution in [2.24, 2.45) is 0 Å². The maximum Gasteiger partial charge on any atom is 0.407 e. The number of imidazole rings is 1. The van der Waals surface area contributed by atoms with Gasteiger partial charge in [0.1, 0.15) is 12.0 Å². The Morgan fingerprint density at radius 1 is 1.42 bits per heavy atom. The van der Waals surface area contributed by atoms with E-state index in [0.29, 0.717) is 6.42 Å². The summed E-state index contributed by atoms with van der Waals surface area (Å²) in [5.74, 6) is 0.595. The van der Waals surface area contributed by atoms with Crippen LogP contribution in [0.4, 0.5) is 9.18 Å². The first-order valence-corrected chi connectivity index (χ1v) is 8.84. The SMILES string of the molecule is CCOC(=O)NCC1CC(F)CN1C(=O)CCc1nc2ccccc2[nH]1. The highest BCUT2D eigenvalue weighted by molar-refractivity contribution is 5.78. The minimum absolute atomic E-state index is 0.0636. The molecule has 1 fully saturated rings. The molecule has 1 aliphatic rings. The fraction of sp³-hybridized carbons (Fsp3) is 0.500. The Kier molecular flexibility index (Phi) is 5.70. The summed E-state index contributed by atoms with van der Waals surface area (Å²) in [5.41, 5.74) is 1.79. The van der Waals surface area contributed by atoms with E-state index in [1.54, 1.807) is 6.92 Å². The molecule has 26 heavy (non-hydrogen) atoms. The van der Waals surface area contributed by atoms with Crippen LogP contribution in [0.5, 0.6) is 0 Å². The van der Waals surface area contributed by atoms with Gasteiger partial charge in [0.2, 0.25) is 5.91 Å². The Morgan fingerprint density at radius 2 is 2.23 bits per heavy atom. The lowest BCUT2D eigenvalue weighted by Crippen LogP contribution is -2.43. The number of benzene rings is 1. The minimum atomic E-state index is -1.07. The number of aromatic nitrogens is 2. The quantitative estimate of drug-likeness (QED) is 0.825. The van der Waals surface area contributed by atoms with Crippen LogP contribution < -0.4 is 5.32 Å². The first-order chi connectivity index (χ1) is 12.6. The first kappa shape index (κ1) is 18.2. The molecule has 1 aliphatic heterocycles. The summed E-state index contributed by atoms with van der Waals surface area (Å²) >= 11 is 0. The number of hydrogen-bond acceptors (Lipinski definition) is 4. The van der Waals surface area contributed by atoms with Crippen LogP contribution in [0.1, 0.15) is 25.6 Å². The summed E-state index contributed by atoms with van der Waals surface area (Å²) < 4.78 is 18.6. The van der Waals surface area contributed by atoms with E-state index in [1.807, 2.05) is 24.3 Å². The Bertz CT molecular complexity index is 746. The lowest BCUT2D eigenvalue weighted by molar-refractivity contribution is -0.132. The van der Waals surface area contributed by atoms with Crippen molar-refractivity contribution in [2.45, 2.75) is 38.4 Å². The summed E-state index contributed by atoms with van der Waals surface area (Å²) in [6.45, 7) is 2.23. The largest absolute Gasteiger partial charge is 0.450 e. The van der Waals surface area contributed by atoms with Crippen LogP contribution in [0.3, 0.4) is 0 Å². The van der Waals surface area contributed by atoms with Crippen LogP contribution in [-0.4, -0.2) is 58.8 Å². The number of para-hydroxylation sites is 2. The van der Waals surface area contributed by atoms with Gasteiger partial charge in [-0.05, 0) is 19.1 Å². The average Bonchev–Trinajstić information content (AvgIpc) is 3.21. The Hall–Kier alpha value is -2.64. The number of fused-ring (bicyclic) bond motifs is 1. The average molecular weight is 362 g/mol. The molecule has 1 aromatic heterocycles. The van der Waals surface area contributed by atoms with Crippen molar-refractivity contribution in [3.63, 3.8) is 0 Å². The third-order valence-electron chi connectivity index (χ3n) is 4.46. The van der Waals surface area contributed by atoms with E-state index in [9.17, 15) is 14.0 Å². The number of carbonyl (C=O) groups is 2. The number of rotatable bonds is 6. The fourth-order valence-electron chi connectivity index (χ4n) is 3.23. The van der Waals surface area contributed by atoms with Gasteiger partial charge in [0.15, 0.2) is 0 Å². The van der Waals surface area contributed by atoms with Gasteiger partial charge in [-0.15, -0.1) is 0 Å². The number of alkyl carbamates (subject to hydrolysis) is 1. The van der Waals surface area contributed by atoms with Crippen LogP contribution in [0, 0.1) is 0 Å². The lowest BCUT2D eigenvalue weighted by atomic mass is 10.2. The zero-order valence-corrected chi connectivity index (χ0v) is 14.7. The highest BCUT2D eigenvalue weighted by Crippen LogP contribution is 2.21. The number of hydrogen-bond donors (Lipinski definition) is 2. The zero-order valence-electron chi connectivity index (χ0n) is 14.7. The first-order valence-electron chi connectivity index (χ1n) is 8.84. The van der Waals surface area contributed by atoms with Crippen LogP contribution in [0.2, 0.25) is 0 Å². The molecule has 0 saturated carbocycles. The van der Waals surface area contributed by atoms with Gasteiger partial charge in [-0.25, -0.2) is 14.2 Å². The molecule has 2 aromatic rings. The number of amides is 2. The number of aromatic amines is 1. The number of aryl methyl sites for hydroxylation is 1. The Balaban J connectivity index is 1.55. The van der Waals surface area contributed by atoms with Crippen molar-refractivity contribution in [1.29, 1.82) is 0 Å². The molecule has 3 rings (SSSR count). The van der Waals surface area contributed by atoms with Crippen molar-refractivity contribution in [1.82, 2.24) is 20.2 Å². The topological polar surface area (TPSA) is 87.3 Å². The van der Waals surface area contributed by atoms with Gasteiger partial charge < -0.3 is 19.9 Å². The number of likely N-dealkylation sites (tertiary alicyclic amines) is 1. The number of nitrogens with one attached hydrogen (secondary N) is 2. The third kappa shape index (κ3) is 4.30. The second-order valence-electron chi connectivity index (χ2n) is 6.33. The molecular formula is C18H23FN4O3. The molecule has 1 aromatic carbocycles. The number of ether oxygens (including phenoxy) is 1. The number of carbonyl (C=O) groups excluding carboxylic acids is 2. The minimum Gasteiger partial charge on any atom is -0.450 e. The molecule has 0 aliphatic carbocycles. The van der Waals surface area contributed by atoms with Crippen molar-refractivity contribution in [2.75, 3.05) is 19.7 Å². The molecule has 0 spiro atoms. The number of H-pyrrole nitrogens is 1. The van der Waals surface area contributed by atoms with Crippen molar-refractivity contribution in [3.05, 3.63) is 30.1 Å². The molecule has 0 radical (unpaired) electrons. The van der Waals surface area contributed by atoms with Crippen LogP contribution >= 0.6 is 0 Å². The number of halogens is 1. The maximum absolute atomic E-state index is 13.8. The van der Waals surface area contributed by atoms with Crippen LogP contribution in [0.15, 0.2) is 24.3 Å². The molecule has 140 valence electrons. The van der Waals surface area contributed by atoms with E-state index in [1.165, 1.54) is 4.90 Å². The summed E-state index contributed by atoms with van der Waals surface area (Å²) in [4.78, 5) is 33.1.